The van der Waals surface area contributed by atoms with Crippen LogP contribution in [0.3, 0.4) is 0 Å². The van der Waals surface area contributed by atoms with Crippen molar-refractivity contribution in [2.75, 3.05) is 13.2 Å². The van der Waals surface area contributed by atoms with E-state index in [9.17, 15) is 9.26 Å². The zero-order valence-electron chi connectivity index (χ0n) is 4.61. The van der Waals surface area contributed by atoms with Gasteiger partial charge in [0, 0.05) is 0 Å². The molecule has 0 bridgehead atoms. The standard InChI is InChI=1S/C3H7O5Si/c4-1-3(2-5)8-9(6)7/h3-5H,1-2H2/q-1. The molecule has 0 spiro atoms. The van der Waals surface area contributed by atoms with E-state index in [0.717, 1.165) is 0 Å². The topological polar surface area (TPSA) is 89.8 Å². The highest BCUT2D eigenvalue weighted by molar-refractivity contribution is 6.21. The summed E-state index contributed by atoms with van der Waals surface area (Å²) < 4.78 is 13.8. The number of aliphatic hydroxyl groups excluding tert-OH is 2. The van der Waals surface area contributed by atoms with Gasteiger partial charge in [0.05, 0.1) is 19.3 Å². The van der Waals surface area contributed by atoms with Gasteiger partial charge in [-0.1, -0.05) is 0 Å². The van der Waals surface area contributed by atoms with Gasteiger partial charge in [0.1, 0.15) is 0 Å². The second-order valence-corrected chi connectivity index (χ2v) is 2.09. The normalized spacial score (nSPS) is 9.67. The predicted molar refractivity (Wildman–Crippen MR) is 25.5 cm³/mol. The molecule has 0 saturated heterocycles. The van der Waals surface area contributed by atoms with Gasteiger partial charge < -0.3 is 23.9 Å². The van der Waals surface area contributed by atoms with Crippen LogP contribution in [0.15, 0.2) is 0 Å². The Morgan fingerprint density at radius 2 is 2.00 bits per heavy atom. The van der Waals surface area contributed by atoms with Crippen molar-refractivity contribution in [1.29, 1.82) is 0 Å². The molecule has 2 N–H and O–H groups in total. The molecule has 0 atom stereocenters. The SMILES string of the molecule is O=[Si]([O-])OC(CO)CO. The van der Waals surface area contributed by atoms with Crippen LogP contribution in [0.25, 0.3) is 0 Å². The minimum atomic E-state index is -3.28. The Kier molecular flexibility index (Phi) is 4.19. The van der Waals surface area contributed by atoms with Crippen molar-refractivity contribution >= 4 is 9.17 Å². The van der Waals surface area contributed by atoms with Gasteiger partial charge in [0.2, 0.25) is 0 Å². The van der Waals surface area contributed by atoms with Gasteiger partial charge in [0.25, 0.3) is 0 Å². The van der Waals surface area contributed by atoms with E-state index in [2.05, 4.69) is 4.43 Å². The maximum absolute atomic E-state index is 9.76. The lowest BCUT2D eigenvalue weighted by Crippen LogP contribution is -2.33. The number of hydrogen-bond donors (Lipinski definition) is 2. The van der Waals surface area contributed by atoms with E-state index in [4.69, 9.17) is 10.2 Å². The van der Waals surface area contributed by atoms with Crippen LogP contribution < -0.4 is 4.80 Å². The average Bonchev–Trinajstić information content (AvgIpc) is 1.82. The van der Waals surface area contributed by atoms with Gasteiger partial charge in [-0.25, -0.2) is 0 Å². The average molecular weight is 151 g/mol. The Bertz CT molecular complexity index is 90.2. The maximum atomic E-state index is 9.76. The van der Waals surface area contributed by atoms with Crippen LogP contribution in [0.5, 0.6) is 0 Å². The van der Waals surface area contributed by atoms with Crippen LogP contribution in [0.1, 0.15) is 0 Å². The molecule has 0 saturated carbocycles. The fraction of sp³-hybridized carbons (Fsp3) is 1.00. The van der Waals surface area contributed by atoms with Crippen LogP contribution in [-0.4, -0.2) is 38.7 Å². The molecule has 0 heterocycles. The number of rotatable bonds is 4. The van der Waals surface area contributed by atoms with Gasteiger partial charge in [-0.05, 0) is 0 Å². The first kappa shape index (κ1) is 8.54. The van der Waals surface area contributed by atoms with Gasteiger partial charge in [0.15, 0.2) is 0 Å². The Balaban J connectivity index is 3.43. The molecule has 0 aliphatic heterocycles. The molecule has 0 rings (SSSR count). The predicted octanol–water partition coefficient (Wildman–Crippen LogP) is -2.87. The molecular formula is C3H7O5Si-. The minimum absolute atomic E-state index is 0.491. The minimum Gasteiger partial charge on any atom is -0.580 e. The first-order chi connectivity index (χ1) is 4.20. The van der Waals surface area contributed by atoms with E-state index in [-0.39, 0.29) is 0 Å². The zero-order valence-corrected chi connectivity index (χ0v) is 5.61. The largest absolute Gasteiger partial charge is 0.580 e. The molecule has 0 radical (unpaired) electrons. The quantitative estimate of drug-likeness (QED) is 0.421. The van der Waals surface area contributed by atoms with Crippen molar-refractivity contribution in [2.24, 2.45) is 0 Å². The van der Waals surface area contributed by atoms with E-state index in [0.29, 0.717) is 0 Å². The lowest BCUT2D eigenvalue weighted by Gasteiger charge is -2.16. The Labute approximate surface area is 53.4 Å². The monoisotopic (exact) mass is 151 g/mol. The summed E-state index contributed by atoms with van der Waals surface area (Å²) in [6, 6.07) is 0. The fourth-order valence-electron chi connectivity index (χ4n) is 0.268. The molecule has 0 aliphatic rings. The third kappa shape index (κ3) is 4.07. The van der Waals surface area contributed by atoms with Gasteiger partial charge in [-0.2, -0.15) is 0 Å². The maximum Gasteiger partial charge on any atom is 0.413 e. The molecule has 0 aliphatic carbocycles. The molecular weight excluding hydrogens is 144 g/mol. The third-order valence-electron chi connectivity index (χ3n) is 0.670. The lowest BCUT2D eigenvalue weighted by atomic mass is 10.4. The number of hydrogen-bond acceptors (Lipinski definition) is 5. The highest BCUT2D eigenvalue weighted by Gasteiger charge is 2.01. The molecule has 0 unspecified atom stereocenters. The third-order valence-corrected chi connectivity index (χ3v) is 1.20. The van der Waals surface area contributed by atoms with Crippen molar-refractivity contribution in [3.05, 3.63) is 0 Å². The van der Waals surface area contributed by atoms with Gasteiger partial charge in [-0.3, -0.25) is 0 Å². The van der Waals surface area contributed by atoms with E-state index >= 15 is 0 Å². The molecule has 5 nitrogen and oxygen atoms in total. The molecule has 9 heavy (non-hydrogen) atoms. The Morgan fingerprint density at radius 1 is 1.56 bits per heavy atom. The lowest BCUT2D eigenvalue weighted by molar-refractivity contribution is -0.236. The summed E-state index contributed by atoms with van der Waals surface area (Å²) >= 11 is 0. The van der Waals surface area contributed by atoms with E-state index < -0.39 is 28.5 Å². The van der Waals surface area contributed by atoms with Gasteiger partial charge >= 0.3 is 9.17 Å². The second kappa shape index (κ2) is 4.42. The summed E-state index contributed by atoms with van der Waals surface area (Å²) in [4.78, 5) is 9.76. The van der Waals surface area contributed by atoms with E-state index in [1.807, 2.05) is 0 Å². The first-order valence-electron chi connectivity index (χ1n) is 2.30. The van der Waals surface area contributed by atoms with Crippen LogP contribution in [0, 0.1) is 0 Å². The summed E-state index contributed by atoms with van der Waals surface area (Å²) in [5.74, 6) is 0. The Morgan fingerprint density at radius 3 is 2.11 bits per heavy atom. The molecule has 0 aromatic heterocycles. The Hall–Kier alpha value is -0.463. The van der Waals surface area contributed by atoms with Crippen LogP contribution >= 0.6 is 0 Å². The van der Waals surface area contributed by atoms with Crippen LogP contribution in [0.2, 0.25) is 0 Å². The molecule has 0 aromatic carbocycles. The van der Waals surface area contributed by atoms with Crippen molar-refractivity contribution in [3.8, 4) is 0 Å². The van der Waals surface area contributed by atoms with E-state index in [1.165, 1.54) is 0 Å². The highest BCUT2D eigenvalue weighted by Crippen LogP contribution is 1.84. The van der Waals surface area contributed by atoms with Crippen molar-refractivity contribution in [1.82, 2.24) is 0 Å². The molecule has 6 heteroatoms. The molecule has 0 amide bonds. The van der Waals surface area contributed by atoms with E-state index in [1.54, 1.807) is 0 Å². The van der Waals surface area contributed by atoms with Crippen molar-refractivity contribution in [3.63, 3.8) is 0 Å². The van der Waals surface area contributed by atoms with Gasteiger partial charge in [-0.15, -0.1) is 0 Å². The number of aliphatic hydroxyl groups is 2. The molecule has 0 aromatic rings. The molecule has 0 fully saturated rings. The van der Waals surface area contributed by atoms with Crippen LogP contribution in [0.4, 0.5) is 0 Å². The van der Waals surface area contributed by atoms with Crippen molar-refractivity contribution < 1.29 is 23.9 Å². The zero-order chi connectivity index (χ0) is 7.28. The summed E-state index contributed by atoms with van der Waals surface area (Å²) in [6.07, 6.45) is -0.992. The van der Waals surface area contributed by atoms with Crippen LogP contribution in [-0.2, 0) is 8.89 Å². The first-order valence-corrected chi connectivity index (χ1v) is 3.52. The summed E-state index contributed by atoms with van der Waals surface area (Å²) in [7, 11) is -3.28. The summed E-state index contributed by atoms with van der Waals surface area (Å²) in [5, 5.41) is 16.5. The highest BCUT2D eigenvalue weighted by atomic mass is 28.3. The smallest absolute Gasteiger partial charge is 0.413 e. The molecule has 54 valence electrons. The second-order valence-electron chi connectivity index (χ2n) is 1.36. The van der Waals surface area contributed by atoms with Crippen molar-refractivity contribution in [2.45, 2.75) is 6.10 Å². The summed E-state index contributed by atoms with van der Waals surface area (Å²) in [6.45, 7) is -0.982. The summed E-state index contributed by atoms with van der Waals surface area (Å²) in [5.41, 5.74) is 0. The fourth-order valence-corrected chi connectivity index (χ4v) is 0.690.